The van der Waals surface area contributed by atoms with E-state index < -0.39 is 0 Å². The Balaban J connectivity index is 1.76. The Hall–Kier alpha value is -1.35. The lowest BCUT2D eigenvalue weighted by Crippen LogP contribution is -2.44. The van der Waals surface area contributed by atoms with Crippen LogP contribution in [0.2, 0.25) is 0 Å². The molecule has 1 aromatic carbocycles. The van der Waals surface area contributed by atoms with Crippen molar-refractivity contribution in [3.63, 3.8) is 0 Å². The van der Waals surface area contributed by atoms with Crippen molar-refractivity contribution in [2.75, 3.05) is 13.6 Å². The van der Waals surface area contributed by atoms with Crippen LogP contribution in [0.5, 0.6) is 0 Å². The van der Waals surface area contributed by atoms with Gasteiger partial charge in [-0.3, -0.25) is 9.69 Å². The zero-order chi connectivity index (χ0) is 14.4. The molecule has 2 rings (SSSR count). The maximum absolute atomic E-state index is 12.1. The molecule has 0 heterocycles. The smallest absolute Gasteiger partial charge is 0.234 e. The van der Waals surface area contributed by atoms with Gasteiger partial charge in [-0.2, -0.15) is 0 Å². The van der Waals surface area contributed by atoms with Crippen molar-refractivity contribution in [1.29, 1.82) is 0 Å². The van der Waals surface area contributed by atoms with E-state index in [2.05, 4.69) is 29.3 Å². The van der Waals surface area contributed by atoms with Crippen LogP contribution < -0.4 is 5.32 Å². The number of carbonyl (C=O) groups is 1. The molecule has 0 spiro atoms. The van der Waals surface area contributed by atoms with Crippen molar-refractivity contribution in [3.8, 4) is 0 Å². The van der Waals surface area contributed by atoms with Gasteiger partial charge in [-0.25, -0.2) is 0 Å². The van der Waals surface area contributed by atoms with Gasteiger partial charge in [-0.15, -0.1) is 0 Å². The molecule has 1 amide bonds. The van der Waals surface area contributed by atoms with Crippen molar-refractivity contribution >= 4 is 5.91 Å². The second kappa shape index (κ2) is 7.44. The van der Waals surface area contributed by atoms with E-state index in [1.165, 1.54) is 24.8 Å². The highest BCUT2D eigenvalue weighted by Gasteiger charge is 2.22. The number of rotatable bonds is 5. The van der Waals surface area contributed by atoms with E-state index >= 15 is 0 Å². The highest BCUT2D eigenvalue weighted by Crippen LogP contribution is 2.23. The third kappa shape index (κ3) is 4.64. The van der Waals surface area contributed by atoms with Crippen LogP contribution in [0, 0.1) is 5.92 Å². The minimum Gasteiger partial charge on any atom is -0.352 e. The summed E-state index contributed by atoms with van der Waals surface area (Å²) in [4.78, 5) is 14.2. The molecular formula is C17H26N2O. The van der Waals surface area contributed by atoms with Gasteiger partial charge in [0.1, 0.15) is 0 Å². The largest absolute Gasteiger partial charge is 0.352 e. The molecule has 0 aromatic heterocycles. The summed E-state index contributed by atoms with van der Waals surface area (Å²) in [6.07, 6.45) is 4.93. The van der Waals surface area contributed by atoms with Crippen LogP contribution in [0.3, 0.4) is 0 Å². The summed E-state index contributed by atoms with van der Waals surface area (Å²) >= 11 is 0. The van der Waals surface area contributed by atoms with Gasteiger partial charge in [0, 0.05) is 12.6 Å². The first-order valence-electron chi connectivity index (χ1n) is 7.67. The molecule has 3 nitrogen and oxygen atoms in total. The first-order valence-corrected chi connectivity index (χ1v) is 7.67. The average molecular weight is 274 g/mol. The third-order valence-electron chi connectivity index (χ3n) is 4.17. The molecule has 1 fully saturated rings. The third-order valence-corrected chi connectivity index (χ3v) is 4.17. The maximum Gasteiger partial charge on any atom is 0.234 e. The van der Waals surface area contributed by atoms with Gasteiger partial charge in [0.05, 0.1) is 6.54 Å². The Bertz CT molecular complexity index is 418. The van der Waals surface area contributed by atoms with Gasteiger partial charge in [-0.05, 0) is 31.4 Å². The van der Waals surface area contributed by atoms with Gasteiger partial charge in [0.25, 0.3) is 0 Å². The average Bonchev–Trinajstić information content (AvgIpc) is 2.42. The van der Waals surface area contributed by atoms with Crippen LogP contribution in [0.4, 0.5) is 0 Å². The van der Waals surface area contributed by atoms with Crippen LogP contribution in [0.1, 0.15) is 38.2 Å². The Morgan fingerprint density at radius 2 is 1.95 bits per heavy atom. The highest BCUT2D eigenvalue weighted by molar-refractivity contribution is 5.78. The number of nitrogens with one attached hydrogen (secondary N) is 1. The summed E-state index contributed by atoms with van der Waals surface area (Å²) in [5.41, 5.74) is 1.24. The van der Waals surface area contributed by atoms with Crippen molar-refractivity contribution < 1.29 is 4.79 Å². The molecule has 1 N–H and O–H groups in total. The van der Waals surface area contributed by atoms with E-state index in [-0.39, 0.29) is 5.91 Å². The minimum atomic E-state index is 0.155. The minimum absolute atomic E-state index is 0.155. The van der Waals surface area contributed by atoms with E-state index in [4.69, 9.17) is 0 Å². The second-order valence-corrected chi connectivity index (χ2v) is 6.09. The number of benzene rings is 1. The number of hydrogen-bond acceptors (Lipinski definition) is 2. The quantitative estimate of drug-likeness (QED) is 0.895. The molecule has 0 unspecified atom stereocenters. The normalized spacial score (nSPS) is 22.8. The monoisotopic (exact) mass is 274 g/mol. The maximum atomic E-state index is 12.1. The standard InChI is InChI=1S/C17H26N2O/c1-14-8-6-7-11-16(14)18-17(20)13-19(2)12-15-9-4-3-5-10-15/h3-5,9-10,14,16H,6-8,11-13H2,1-2H3,(H,18,20)/t14-,16-/m1/s1. The topological polar surface area (TPSA) is 32.3 Å². The van der Waals surface area contributed by atoms with Crippen molar-refractivity contribution in [2.45, 2.75) is 45.2 Å². The first kappa shape index (κ1) is 15.0. The van der Waals surface area contributed by atoms with Crippen LogP contribution in [0.15, 0.2) is 30.3 Å². The molecule has 1 aliphatic rings. The molecule has 0 radical (unpaired) electrons. The van der Waals surface area contributed by atoms with Gasteiger partial charge < -0.3 is 5.32 Å². The zero-order valence-corrected chi connectivity index (χ0v) is 12.6. The van der Waals surface area contributed by atoms with Gasteiger partial charge >= 0.3 is 0 Å². The molecular weight excluding hydrogens is 248 g/mol. The van der Waals surface area contributed by atoms with Crippen molar-refractivity contribution in [3.05, 3.63) is 35.9 Å². The summed E-state index contributed by atoms with van der Waals surface area (Å²) in [6, 6.07) is 10.6. The number of likely N-dealkylation sites (N-methyl/N-ethyl adjacent to an activating group) is 1. The molecule has 0 saturated heterocycles. The zero-order valence-electron chi connectivity index (χ0n) is 12.6. The lowest BCUT2D eigenvalue weighted by Gasteiger charge is -2.30. The van der Waals surface area contributed by atoms with Crippen molar-refractivity contribution in [1.82, 2.24) is 10.2 Å². The van der Waals surface area contributed by atoms with Gasteiger partial charge in [0.15, 0.2) is 0 Å². The summed E-state index contributed by atoms with van der Waals surface area (Å²) in [6.45, 7) is 3.53. The van der Waals surface area contributed by atoms with E-state index in [0.29, 0.717) is 18.5 Å². The molecule has 20 heavy (non-hydrogen) atoms. The Morgan fingerprint density at radius 1 is 1.25 bits per heavy atom. The lowest BCUT2D eigenvalue weighted by molar-refractivity contribution is -0.123. The Morgan fingerprint density at radius 3 is 2.65 bits per heavy atom. The summed E-state index contributed by atoms with van der Waals surface area (Å²) in [7, 11) is 2.00. The van der Waals surface area contributed by atoms with Crippen LogP contribution in [0.25, 0.3) is 0 Å². The fourth-order valence-electron chi connectivity index (χ4n) is 2.98. The van der Waals surface area contributed by atoms with Crippen LogP contribution in [-0.2, 0) is 11.3 Å². The molecule has 1 aliphatic carbocycles. The molecule has 3 heteroatoms. The van der Waals surface area contributed by atoms with Gasteiger partial charge in [0.2, 0.25) is 5.91 Å². The lowest BCUT2D eigenvalue weighted by atomic mass is 9.86. The predicted molar refractivity (Wildman–Crippen MR) is 82.3 cm³/mol. The fourth-order valence-corrected chi connectivity index (χ4v) is 2.98. The number of carbonyl (C=O) groups excluding carboxylic acids is 1. The second-order valence-electron chi connectivity index (χ2n) is 6.09. The number of hydrogen-bond donors (Lipinski definition) is 1. The molecule has 1 saturated carbocycles. The molecule has 2 atom stereocenters. The van der Waals surface area contributed by atoms with Gasteiger partial charge in [-0.1, -0.05) is 50.1 Å². The summed E-state index contributed by atoms with van der Waals surface area (Å²) < 4.78 is 0. The number of amides is 1. The predicted octanol–water partition coefficient (Wildman–Crippen LogP) is 2.81. The summed E-state index contributed by atoms with van der Waals surface area (Å²) in [5, 5.41) is 3.20. The fraction of sp³-hybridized carbons (Fsp3) is 0.588. The van der Waals surface area contributed by atoms with E-state index in [1.807, 2.05) is 25.2 Å². The highest BCUT2D eigenvalue weighted by atomic mass is 16.2. The molecule has 1 aromatic rings. The van der Waals surface area contributed by atoms with Crippen LogP contribution in [-0.4, -0.2) is 30.4 Å². The molecule has 0 bridgehead atoms. The summed E-state index contributed by atoms with van der Waals surface area (Å²) in [5.74, 6) is 0.773. The van der Waals surface area contributed by atoms with Crippen LogP contribution >= 0.6 is 0 Å². The number of nitrogens with zero attached hydrogens (tertiary/aromatic N) is 1. The van der Waals surface area contributed by atoms with Crippen molar-refractivity contribution in [2.24, 2.45) is 5.92 Å². The SMILES string of the molecule is C[C@@H]1CCCC[C@H]1NC(=O)CN(C)Cc1ccccc1. The molecule has 0 aliphatic heterocycles. The first-order chi connectivity index (χ1) is 9.65. The van der Waals surface area contributed by atoms with E-state index in [9.17, 15) is 4.79 Å². The Labute approximate surface area is 122 Å². The van der Waals surface area contributed by atoms with E-state index in [1.54, 1.807) is 0 Å². The van der Waals surface area contributed by atoms with E-state index in [0.717, 1.165) is 13.0 Å². The Kier molecular flexibility index (Phi) is 5.60. The molecule has 110 valence electrons.